The van der Waals surface area contributed by atoms with Crippen LogP contribution in [0.4, 0.5) is 0 Å². The van der Waals surface area contributed by atoms with Crippen molar-refractivity contribution < 1.29 is 8.42 Å². The highest BCUT2D eigenvalue weighted by Crippen LogP contribution is 2.28. The van der Waals surface area contributed by atoms with Crippen LogP contribution < -0.4 is 10.3 Å². The van der Waals surface area contributed by atoms with Gasteiger partial charge in [-0.25, -0.2) is 32.5 Å². The Labute approximate surface area is 161 Å². The lowest BCUT2D eigenvalue weighted by Crippen LogP contribution is -2.39. The van der Waals surface area contributed by atoms with Crippen LogP contribution in [0, 0.1) is 0 Å². The highest BCUT2D eigenvalue weighted by Gasteiger charge is 2.28. The number of hydrogen-bond acceptors (Lipinski definition) is 7. The van der Waals surface area contributed by atoms with Crippen LogP contribution in [-0.2, 0) is 17.1 Å². The molecule has 0 aliphatic heterocycles. The molecule has 11 nitrogen and oxygen atoms in total. The SMILES string of the molecule is Cn1cnc(S(=O)(=O)NC2CCC(n3nc(-n4cncn4)ccc3=O)CC2)c1. The molecule has 1 saturated carbocycles. The molecule has 148 valence electrons. The quantitative estimate of drug-likeness (QED) is 0.634. The standard InChI is InChI=1S/C16H20N8O3S/c1-22-8-15(18-11-22)28(26,27)21-12-2-4-13(5-3-12)24-16(25)7-6-14(20-24)23-10-17-9-19-23/h6-13,21H,2-5H2,1H3. The molecule has 3 heterocycles. The van der Waals surface area contributed by atoms with Crippen molar-refractivity contribution in [2.75, 3.05) is 0 Å². The fraction of sp³-hybridized carbons (Fsp3) is 0.438. The van der Waals surface area contributed by atoms with E-state index in [2.05, 4.69) is 24.9 Å². The number of rotatable bonds is 5. The second kappa shape index (κ2) is 7.28. The molecule has 0 radical (unpaired) electrons. The molecule has 3 aromatic heterocycles. The second-order valence-electron chi connectivity index (χ2n) is 6.82. The monoisotopic (exact) mass is 404 g/mol. The van der Waals surface area contributed by atoms with Crippen LogP contribution in [0.25, 0.3) is 5.82 Å². The molecule has 28 heavy (non-hydrogen) atoms. The van der Waals surface area contributed by atoms with Crippen LogP contribution in [0.2, 0.25) is 0 Å². The normalized spacial score (nSPS) is 20.3. The summed E-state index contributed by atoms with van der Waals surface area (Å²) in [7, 11) is -1.93. The van der Waals surface area contributed by atoms with E-state index >= 15 is 0 Å². The van der Waals surface area contributed by atoms with Crippen molar-refractivity contribution in [2.45, 2.75) is 42.8 Å². The lowest BCUT2D eigenvalue weighted by molar-refractivity contribution is 0.284. The zero-order valence-electron chi connectivity index (χ0n) is 15.2. The molecule has 0 bridgehead atoms. The van der Waals surface area contributed by atoms with Gasteiger partial charge in [-0.05, 0) is 31.7 Å². The summed E-state index contributed by atoms with van der Waals surface area (Å²) in [6, 6.07) is 2.77. The number of sulfonamides is 1. The maximum Gasteiger partial charge on any atom is 0.267 e. The summed E-state index contributed by atoms with van der Waals surface area (Å²) in [4.78, 5) is 20.1. The first-order valence-electron chi connectivity index (χ1n) is 8.87. The van der Waals surface area contributed by atoms with Gasteiger partial charge in [0.15, 0.2) is 10.8 Å². The maximum atomic E-state index is 12.4. The van der Waals surface area contributed by atoms with Gasteiger partial charge in [-0.2, -0.15) is 5.10 Å². The summed E-state index contributed by atoms with van der Waals surface area (Å²) in [5.74, 6) is 0.509. The van der Waals surface area contributed by atoms with Gasteiger partial charge in [0.1, 0.15) is 12.7 Å². The largest absolute Gasteiger partial charge is 0.339 e. The van der Waals surface area contributed by atoms with Crippen molar-refractivity contribution in [2.24, 2.45) is 7.05 Å². The van der Waals surface area contributed by atoms with Gasteiger partial charge in [0.25, 0.3) is 15.6 Å². The van der Waals surface area contributed by atoms with Crippen molar-refractivity contribution >= 4 is 10.0 Å². The predicted octanol–water partition coefficient (Wildman–Crippen LogP) is 0.0197. The lowest BCUT2D eigenvalue weighted by atomic mass is 9.92. The molecule has 3 aromatic rings. The summed E-state index contributed by atoms with van der Waals surface area (Å²) in [5.41, 5.74) is -0.193. The summed E-state index contributed by atoms with van der Waals surface area (Å²) in [6.45, 7) is 0. The number of nitrogens with zero attached hydrogens (tertiary/aromatic N) is 7. The van der Waals surface area contributed by atoms with E-state index < -0.39 is 10.0 Å². The minimum Gasteiger partial charge on any atom is -0.339 e. The Morgan fingerprint density at radius 1 is 1.14 bits per heavy atom. The number of imidazole rings is 1. The average Bonchev–Trinajstić information content (AvgIpc) is 3.35. The van der Waals surface area contributed by atoms with E-state index in [1.54, 1.807) is 17.7 Å². The van der Waals surface area contributed by atoms with Crippen molar-refractivity contribution in [3.05, 3.63) is 47.7 Å². The van der Waals surface area contributed by atoms with Crippen LogP contribution in [0.1, 0.15) is 31.7 Å². The zero-order valence-corrected chi connectivity index (χ0v) is 16.0. The third-order valence-corrected chi connectivity index (χ3v) is 6.19. The average molecular weight is 404 g/mol. The molecule has 1 aliphatic carbocycles. The van der Waals surface area contributed by atoms with Crippen molar-refractivity contribution in [3.8, 4) is 5.82 Å². The summed E-state index contributed by atoms with van der Waals surface area (Å²) < 4.78 is 32.1. The van der Waals surface area contributed by atoms with Gasteiger partial charge in [-0.3, -0.25) is 4.79 Å². The van der Waals surface area contributed by atoms with Gasteiger partial charge < -0.3 is 4.57 Å². The van der Waals surface area contributed by atoms with E-state index in [0.717, 1.165) is 0 Å². The van der Waals surface area contributed by atoms with Gasteiger partial charge >= 0.3 is 0 Å². The van der Waals surface area contributed by atoms with Gasteiger partial charge in [-0.15, -0.1) is 5.10 Å². The lowest BCUT2D eigenvalue weighted by Gasteiger charge is -2.29. The topological polar surface area (TPSA) is 130 Å². The maximum absolute atomic E-state index is 12.4. The molecule has 4 rings (SSSR count). The number of aryl methyl sites for hydroxylation is 1. The summed E-state index contributed by atoms with van der Waals surface area (Å²) >= 11 is 0. The second-order valence-corrected chi connectivity index (χ2v) is 8.48. The van der Waals surface area contributed by atoms with E-state index in [4.69, 9.17) is 0 Å². The smallest absolute Gasteiger partial charge is 0.267 e. The Kier molecular flexibility index (Phi) is 4.81. The zero-order chi connectivity index (χ0) is 19.7. The molecular weight excluding hydrogens is 384 g/mol. The Hall–Kier alpha value is -2.86. The third-order valence-electron chi connectivity index (χ3n) is 4.79. The minimum absolute atomic E-state index is 0.00976. The Balaban J connectivity index is 1.45. The number of hydrogen-bond donors (Lipinski definition) is 1. The molecule has 0 saturated heterocycles. The first kappa shape index (κ1) is 18.5. The van der Waals surface area contributed by atoms with Crippen molar-refractivity contribution in [1.29, 1.82) is 0 Å². The van der Waals surface area contributed by atoms with Crippen molar-refractivity contribution in [3.63, 3.8) is 0 Å². The van der Waals surface area contributed by atoms with E-state index in [-0.39, 0.29) is 22.7 Å². The Morgan fingerprint density at radius 3 is 2.57 bits per heavy atom. The Morgan fingerprint density at radius 2 is 1.93 bits per heavy atom. The molecule has 0 amide bonds. The first-order chi connectivity index (χ1) is 13.4. The van der Waals surface area contributed by atoms with Crippen LogP contribution >= 0.6 is 0 Å². The summed E-state index contributed by atoms with van der Waals surface area (Å²) in [5, 5.41) is 8.44. The van der Waals surface area contributed by atoms with E-state index in [9.17, 15) is 13.2 Å². The molecule has 0 aromatic carbocycles. The van der Waals surface area contributed by atoms with E-state index in [0.29, 0.717) is 31.5 Å². The number of aromatic nitrogens is 7. The fourth-order valence-corrected chi connectivity index (χ4v) is 4.66. The molecular formula is C16H20N8O3S. The van der Waals surface area contributed by atoms with Gasteiger partial charge in [0.05, 0.1) is 12.4 Å². The molecule has 0 atom stereocenters. The predicted molar refractivity (Wildman–Crippen MR) is 98.2 cm³/mol. The van der Waals surface area contributed by atoms with Crippen molar-refractivity contribution in [1.82, 2.24) is 38.8 Å². The van der Waals surface area contributed by atoms with Crippen LogP contribution in [0.15, 0.2) is 47.1 Å². The van der Waals surface area contributed by atoms with Gasteiger partial charge in [0, 0.05) is 25.4 Å². The third kappa shape index (κ3) is 3.73. The van der Waals surface area contributed by atoms with Crippen LogP contribution in [0.3, 0.4) is 0 Å². The molecule has 12 heteroatoms. The molecule has 1 fully saturated rings. The molecule has 1 N–H and O–H groups in total. The summed E-state index contributed by atoms with van der Waals surface area (Å²) in [6.07, 6.45) is 8.33. The fourth-order valence-electron chi connectivity index (χ4n) is 3.37. The Bertz CT molecular complexity index is 1110. The molecule has 0 spiro atoms. The van der Waals surface area contributed by atoms with E-state index in [1.165, 1.54) is 40.6 Å². The number of nitrogens with one attached hydrogen (secondary N) is 1. The van der Waals surface area contributed by atoms with Crippen LogP contribution in [-0.4, -0.2) is 48.6 Å². The molecule has 1 aliphatic rings. The minimum atomic E-state index is -3.65. The highest BCUT2D eigenvalue weighted by molar-refractivity contribution is 7.89. The highest BCUT2D eigenvalue weighted by atomic mass is 32.2. The van der Waals surface area contributed by atoms with Gasteiger partial charge in [-0.1, -0.05) is 0 Å². The molecule has 0 unspecified atom stereocenters. The first-order valence-corrected chi connectivity index (χ1v) is 10.4. The van der Waals surface area contributed by atoms with Gasteiger partial charge in [0.2, 0.25) is 0 Å². The van der Waals surface area contributed by atoms with E-state index in [1.807, 2.05) is 0 Å². The van der Waals surface area contributed by atoms with Crippen LogP contribution in [0.5, 0.6) is 0 Å².